The summed E-state index contributed by atoms with van der Waals surface area (Å²) in [4.78, 5) is 31.7. The monoisotopic (exact) mass is 474 g/mol. The third kappa shape index (κ3) is 3.73. The minimum atomic E-state index is -0.382. The fraction of sp³-hybridized carbons (Fsp3) is 0.259. The second kappa shape index (κ2) is 9.12. The Bertz CT molecular complexity index is 1440. The number of benzene rings is 2. The molecule has 174 valence electrons. The largest absolute Gasteiger partial charge is 0.361 e. The van der Waals surface area contributed by atoms with Crippen molar-refractivity contribution in [2.75, 3.05) is 19.6 Å². The summed E-state index contributed by atoms with van der Waals surface area (Å²) in [5.74, 6) is -0.762. The first kappa shape index (κ1) is 22.4. The number of carbonyl (C=O) groups excluding carboxylic acids is 2. The van der Waals surface area contributed by atoms with Gasteiger partial charge in [-0.05, 0) is 38.2 Å². The number of H-pyrrole nitrogens is 1. The van der Waals surface area contributed by atoms with Crippen LogP contribution < -0.4 is 5.32 Å². The number of rotatable bonds is 8. The second-order valence-corrected chi connectivity index (χ2v) is 8.94. The van der Waals surface area contributed by atoms with E-state index in [2.05, 4.69) is 33.6 Å². The van der Waals surface area contributed by atoms with Gasteiger partial charge < -0.3 is 14.5 Å². The Morgan fingerprint density at radius 2 is 1.62 bits per heavy atom. The SMILES string of the molecule is CCN(CC)CCCn1cc(C2=C(c3c[nH]c4ccccc34)C(=O)NC2=O)c2cccc(Cl)c21. The summed E-state index contributed by atoms with van der Waals surface area (Å²) in [6.45, 7) is 8.10. The van der Waals surface area contributed by atoms with E-state index in [1.54, 1.807) is 6.20 Å². The summed E-state index contributed by atoms with van der Waals surface area (Å²) < 4.78 is 2.12. The van der Waals surface area contributed by atoms with Crippen LogP contribution in [-0.2, 0) is 16.1 Å². The number of carbonyl (C=O) groups is 2. The zero-order valence-electron chi connectivity index (χ0n) is 19.3. The van der Waals surface area contributed by atoms with Crippen molar-refractivity contribution in [2.45, 2.75) is 26.8 Å². The minimum absolute atomic E-state index is 0.380. The van der Waals surface area contributed by atoms with Crippen LogP contribution in [0.1, 0.15) is 31.4 Å². The van der Waals surface area contributed by atoms with E-state index in [9.17, 15) is 9.59 Å². The van der Waals surface area contributed by atoms with E-state index in [4.69, 9.17) is 11.6 Å². The molecule has 0 unspecified atom stereocenters. The van der Waals surface area contributed by atoms with E-state index in [1.807, 2.05) is 48.7 Å². The number of hydrogen-bond donors (Lipinski definition) is 2. The molecule has 0 spiro atoms. The van der Waals surface area contributed by atoms with E-state index >= 15 is 0 Å². The maximum Gasteiger partial charge on any atom is 0.259 e. The molecule has 7 heteroatoms. The maximum atomic E-state index is 13.1. The van der Waals surface area contributed by atoms with Gasteiger partial charge in [0.2, 0.25) is 0 Å². The number of aromatic nitrogens is 2. The molecule has 0 saturated heterocycles. The number of aryl methyl sites for hydroxylation is 1. The number of halogens is 1. The number of fused-ring (bicyclic) bond motifs is 2. The summed E-state index contributed by atoms with van der Waals surface area (Å²) in [5, 5.41) is 4.92. The fourth-order valence-corrected chi connectivity index (χ4v) is 5.23. The van der Waals surface area contributed by atoms with Gasteiger partial charge in [-0.15, -0.1) is 0 Å². The first-order valence-electron chi connectivity index (χ1n) is 11.7. The van der Waals surface area contributed by atoms with Gasteiger partial charge in [-0.3, -0.25) is 14.9 Å². The van der Waals surface area contributed by atoms with Crippen LogP contribution in [0, 0.1) is 0 Å². The van der Waals surface area contributed by atoms with Crippen LogP contribution in [0.3, 0.4) is 0 Å². The first-order chi connectivity index (χ1) is 16.5. The number of hydrogen-bond acceptors (Lipinski definition) is 3. The van der Waals surface area contributed by atoms with Crippen LogP contribution in [-0.4, -0.2) is 45.9 Å². The van der Waals surface area contributed by atoms with Gasteiger partial charge in [-0.25, -0.2) is 0 Å². The molecule has 34 heavy (non-hydrogen) atoms. The summed E-state index contributed by atoms with van der Waals surface area (Å²) in [7, 11) is 0. The minimum Gasteiger partial charge on any atom is -0.361 e. The van der Waals surface area contributed by atoms with Crippen molar-refractivity contribution >= 4 is 56.4 Å². The molecule has 2 aromatic heterocycles. The number of amides is 2. The summed E-state index contributed by atoms with van der Waals surface area (Å²) in [5.41, 5.74) is 4.03. The molecule has 0 saturated carbocycles. The van der Waals surface area contributed by atoms with Crippen molar-refractivity contribution < 1.29 is 9.59 Å². The van der Waals surface area contributed by atoms with Gasteiger partial charge in [0, 0.05) is 46.4 Å². The lowest BCUT2D eigenvalue weighted by atomic mass is 9.95. The van der Waals surface area contributed by atoms with Gasteiger partial charge in [-0.1, -0.05) is 55.8 Å². The highest BCUT2D eigenvalue weighted by Gasteiger charge is 2.35. The van der Waals surface area contributed by atoms with Crippen LogP contribution in [0.15, 0.2) is 54.9 Å². The van der Waals surface area contributed by atoms with Crippen molar-refractivity contribution in [3.63, 3.8) is 0 Å². The third-order valence-electron chi connectivity index (χ3n) is 6.68. The van der Waals surface area contributed by atoms with Crippen molar-refractivity contribution in [1.82, 2.24) is 19.8 Å². The quantitative estimate of drug-likeness (QED) is 0.350. The van der Waals surface area contributed by atoms with E-state index in [0.717, 1.165) is 65.5 Å². The summed E-state index contributed by atoms with van der Waals surface area (Å²) in [6, 6.07) is 13.5. The topological polar surface area (TPSA) is 70.1 Å². The van der Waals surface area contributed by atoms with Gasteiger partial charge in [0.1, 0.15) is 0 Å². The van der Waals surface area contributed by atoms with E-state index in [0.29, 0.717) is 16.2 Å². The molecule has 0 fully saturated rings. The second-order valence-electron chi connectivity index (χ2n) is 8.53. The average molecular weight is 475 g/mol. The summed E-state index contributed by atoms with van der Waals surface area (Å²) >= 11 is 6.64. The average Bonchev–Trinajstić information content (AvgIpc) is 3.50. The Hall–Kier alpha value is -3.35. The van der Waals surface area contributed by atoms with Crippen LogP contribution in [0.25, 0.3) is 33.0 Å². The molecule has 0 atom stereocenters. The molecule has 0 bridgehead atoms. The normalized spacial score (nSPS) is 14.2. The number of nitrogens with one attached hydrogen (secondary N) is 2. The van der Waals surface area contributed by atoms with Gasteiger partial charge in [0.25, 0.3) is 11.8 Å². The van der Waals surface area contributed by atoms with Crippen LogP contribution in [0.4, 0.5) is 0 Å². The molecule has 4 aromatic rings. The van der Waals surface area contributed by atoms with Crippen molar-refractivity contribution in [3.8, 4) is 0 Å². The maximum absolute atomic E-state index is 13.1. The van der Waals surface area contributed by atoms with Gasteiger partial charge in [0.15, 0.2) is 0 Å². The van der Waals surface area contributed by atoms with Crippen LogP contribution in [0.5, 0.6) is 0 Å². The Labute approximate surface area is 203 Å². The smallest absolute Gasteiger partial charge is 0.259 e. The van der Waals surface area contributed by atoms with Gasteiger partial charge in [-0.2, -0.15) is 0 Å². The van der Waals surface area contributed by atoms with Gasteiger partial charge in [0.05, 0.1) is 21.7 Å². The molecule has 1 aliphatic heterocycles. The standard InChI is InChI=1S/C27H27ClN4O2/c1-3-31(4-2)13-8-14-32-16-20(18-10-7-11-21(28)25(18)32)24-23(26(33)30-27(24)34)19-15-29-22-12-6-5-9-17(19)22/h5-7,9-12,15-16,29H,3-4,8,13-14H2,1-2H3,(H,30,33,34). The predicted octanol–water partition coefficient (Wildman–Crippen LogP) is 5.08. The molecule has 0 radical (unpaired) electrons. The molecule has 3 heterocycles. The molecule has 1 aliphatic rings. The third-order valence-corrected chi connectivity index (χ3v) is 6.98. The van der Waals surface area contributed by atoms with E-state index in [1.165, 1.54) is 0 Å². The Morgan fingerprint density at radius 3 is 2.38 bits per heavy atom. The number of aromatic amines is 1. The first-order valence-corrected chi connectivity index (χ1v) is 12.1. The lowest BCUT2D eigenvalue weighted by Crippen LogP contribution is -2.24. The molecule has 2 amide bonds. The number of imide groups is 1. The lowest BCUT2D eigenvalue weighted by molar-refractivity contribution is -0.122. The van der Waals surface area contributed by atoms with Crippen molar-refractivity contribution in [1.29, 1.82) is 0 Å². The summed E-state index contributed by atoms with van der Waals surface area (Å²) in [6.07, 6.45) is 4.73. The predicted molar refractivity (Wildman–Crippen MR) is 138 cm³/mol. The Kier molecular flexibility index (Phi) is 6.02. The molecule has 2 aromatic carbocycles. The van der Waals surface area contributed by atoms with Gasteiger partial charge >= 0.3 is 0 Å². The van der Waals surface area contributed by atoms with Crippen LogP contribution >= 0.6 is 11.6 Å². The molecule has 2 N–H and O–H groups in total. The highest BCUT2D eigenvalue weighted by Crippen LogP contribution is 2.39. The van der Waals surface area contributed by atoms with E-state index in [-0.39, 0.29) is 11.8 Å². The number of para-hydroxylation sites is 2. The van der Waals surface area contributed by atoms with Crippen molar-refractivity contribution in [2.24, 2.45) is 0 Å². The van der Waals surface area contributed by atoms with E-state index < -0.39 is 0 Å². The lowest BCUT2D eigenvalue weighted by Gasteiger charge is -2.18. The molecular formula is C27H27ClN4O2. The number of nitrogens with zero attached hydrogens (tertiary/aromatic N) is 2. The highest BCUT2D eigenvalue weighted by molar-refractivity contribution is 6.51. The highest BCUT2D eigenvalue weighted by atomic mass is 35.5. The Morgan fingerprint density at radius 1 is 0.912 bits per heavy atom. The molecule has 0 aliphatic carbocycles. The molecule has 5 rings (SSSR count). The molecular weight excluding hydrogens is 448 g/mol. The fourth-order valence-electron chi connectivity index (χ4n) is 4.94. The zero-order valence-corrected chi connectivity index (χ0v) is 20.1. The Balaban J connectivity index is 1.66. The van der Waals surface area contributed by atoms with Crippen LogP contribution in [0.2, 0.25) is 5.02 Å². The zero-order chi connectivity index (χ0) is 23.8. The van der Waals surface area contributed by atoms with Crippen molar-refractivity contribution in [3.05, 3.63) is 71.0 Å². The molecule has 6 nitrogen and oxygen atoms in total.